The van der Waals surface area contributed by atoms with Crippen LogP contribution < -0.4 is 15.6 Å². The SMILES string of the molecule is COCCn1nnc2ccc(NC(=O)CCc3ccc4c(c3)CCO4)cc2c1=O. The number of ether oxygens (including phenoxy) is 2. The molecule has 2 aromatic carbocycles. The molecule has 150 valence electrons. The van der Waals surface area contributed by atoms with Crippen molar-refractivity contribution in [1.29, 1.82) is 0 Å². The van der Waals surface area contributed by atoms with Crippen LogP contribution in [0.1, 0.15) is 17.5 Å². The van der Waals surface area contributed by atoms with Gasteiger partial charge in [0.05, 0.1) is 25.1 Å². The second-order valence-corrected chi connectivity index (χ2v) is 6.93. The van der Waals surface area contributed by atoms with E-state index < -0.39 is 0 Å². The van der Waals surface area contributed by atoms with Crippen LogP contribution >= 0.6 is 0 Å². The Hall–Kier alpha value is -3.26. The van der Waals surface area contributed by atoms with Crippen LogP contribution in [0.15, 0.2) is 41.2 Å². The number of hydrogen-bond donors (Lipinski definition) is 1. The fraction of sp³-hybridized carbons (Fsp3) is 0.333. The summed E-state index contributed by atoms with van der Waals surface area (Å²) in [7, 11) is 1.56. The molecule has 0 fully saturated rings. The molecule has 1 aliphatic rings. The minimum atomic E-state index is -0.261. The average molecular weight is 394 g/mol. The number of aromatic nitrogens is 3. The molecule has 0 radical (unpaired) electrons. The van der Waals surface area contributed by atoms with Crippen molar-refractivity contribution in [2.24, 2.45) is 0 Å². The van der Waals surface area contributed by atoms with Crippen LogP contribution in [0.5, 0.6) is 5.75 Å². The van der Waals surface area contributed by atoms with Crippen molar-refractivity contribution in [3.05, 3.63) is 57.9 Å². The number of hydrogen-bond acceptors (Lipinski definition) is 6. The van der Waals surface area contributed by atoms with Gasteiger partial charge in [-0.3, -0.25) is 9.59 Å². The number of nitrogens with one attached hydrogen (secondary N) is 1. The molecule has 1 aromatic heterocycles. The van der Waals surface area contributed by atoms with E-state index in [0.717, 1.165) is 24.3 Å². The van der Waals surface area contributed by atoms with Crippen LogP contribution in [-0.2, 0) is 28.9 Å². The summed E-state index contributed by atoms with van der Waals surface area (Å²) < 4.78 is 11.8. The first-order valence-corrected chi connectivity index (χ1v) is 9.55. The normalized spacial score (nSPS) is 12.6. The molecule has 3 aromatic rings. The zero-order valence-corrected chi connectivity index (χ0v) is 16.2. The van der Waals surface area contributed by atoms with E-state index >= 15 is 0 Å². The highest BCUT2D eigenvalue weighted by molar-refractivity contribution is 5.93. The molecule has 1 amide bonds. The molecule has 8 nitrogen and oxygen atoms in total. The molecule has 0 saturated carbocycles. The van der Waals surface area contributed by atoms with E-state index in [1.807, 2.05) is 12.1 Å². The third kappa shape index (κ3) is 4.27. The minimum absolute atomic E-state index is 0.108. The van der Waals surface area contributed by atoms with Crippen molar-refractivity contribution in [2.75, 3.05) is 25.6 Å². The molecule has 1 N–H and O–H groups in total. The highest BCUT2D eigenvalue weighted by Crippen LogP contribution is 2.26. The lowest BCUT2D eigenvalue weighted by Crippen LogP contribution is -2.26. The summed E-state index contributed by atoms with van der Waals surface area (Å²) >= 11 is 0. The van der Waals surface area contributed by atoms with Gasteiger partial charge in [-0.05, 0) is 41.8 Å². The fourth-order valence-corrected chi connectivity index (χ4v) is 3.35. The lowest BCUT2D eigenvalue weighted by Gasteiger charge is -2.08. The number of fused-ring (bicyclic) bond motifs is 2. The largest absolute Gasteiger partial charge is 0.493 e. The third-order valence-corrected chi connectivity index (χ3v) is 4.91. The predicted octanol–water partition coefficient (Wildman–Crippen LogP) is 1.94. The summed E-state index contributed by atoms with van der Waals surface area (Å²) in [5, 5.41) is 11.2. The predicted molar refractivity (Wildman–Crippen MR) is 108 cm³/mol. The molecule has 8 heteroatoms. The van der Waals surface area contributed by atoms with Gasteiger partial charge in [0.1, 0.15) is 11.3 Å². The lowest BCUT2D eigenvalue weighted by atomic mass is 10.0. The summed E-state index contributed by atoms with van der Waals surface area (Å²) in [6.07, 6.45) is 1.91. The first-order chi connectivity index (χ1) is 14.1. The van der Waals surface area contributed by atoms with Gasteiger partial charge < -0.3 is 14.8 Å². The van der Waals surface area contributed by atoms with Crippen molar-refractivity contribution >= 4 is 22.5 Å². The van der Waals surface area contributed by atoms with Crippen LogP contribution in [0.3, 0.4) is 0 Å². The summed E-state index contributed by atoms with van der Waals surface area (Å²) in [4.78, 5) is 24.9. The summed E-state index contributed by atoms with van der Waals surface area (Å²) in [6, 6.07) is 11.1. The molecule has 0 atom stereocenters. The number of anilines is 1. The quantitative estimate of drug-likeness (QED) is 0.658. The van der Waals surface area contributed by atoms with Gasteiger partial charge in [-0.1, -0.05) is 17.3 Å². The zero-order chi connectivity index (χ0) is 20.2. The molecule has 1 aliphatic heterocycles. The molecule has 0 aliphatic carbocycles. The second kappa shape index (κ2) is 8.40. The van der Waals surface area contributed by atoms with Crippen LogP contribution in [-0.4, -0.2) is 41.2 Å². The number of aryl methyl sites for hydroxylation is 1. The topological polar surface area (TPSA) is 95.3 Å². The van der Waals surface area contributed by atoms with Crippen LogP contribution in [0.4, 0.5) is 5.69 Å². The second-order valence-electron chi connectivity index (χ2n) is 6.93. The van der Waals surface area contributed by atoms with E-state index in [4.69, 9.17) is 9.47 Å². The maximum absolute atomic E-state index is 12.6. The van der Waals surface area contributed by atoms with Crippen molar-refractivity contribution in [1.82, 2.24) is 15.0 Å². The number of nitrogens with zero attached hydrogens (tertiary/aromatic N) is 3. The first-order valence-electron chi connectivity index (χ1n) is 9.55. The van der Waals surface area contributed by atoms with Gasteiger partial charge in [-0.25, -0.2) is 4.68 Å². The van der Waals surface area contributed by atoms with Crippen molar-refractivity contribution in [2.45, 2.75) is 25.8 Å². The van der Waals surface area contributed by atoms with Gasteiger partial charge >= 0.3 is 0 Å². The number of carbonyl (C=O) groups excluding carboxylic acids is 1. The van der Waals surface area contributed by atoms with Gasteiger partial charge in [0.15, 0.2) is 0 Å². The highest BCUT2D eigenvalue weighted by atomic mass is 16.5. The van der Waals surface area contributed by atoms with Gasteiger partial charge in [-0.15, -0.1) is 5.10 Å². The summed E-state index contributed by atoms with van der Waals surface area (Å²) in [5.74, 6) is 0.830. The van der Waals surface area contributed by atoms with Crippen LogP contribution in [0.2, 0.25) is 0 Å². The Morgan fingerprint density at radius 1 is 1.28 bits per heavy atom. The number of benzene rings is 2. The van der Waals surface area contributed by atoms with Gasteiger partial charge in [0.2, 0.25) is 5.91 Å². The highest BCUT2D eigenvalue weighted by Gasteiger charge is 2.13. The molecule has 0 saturated heterocycles. The van der Waals surface area contributed by atoms with Gasteiger partial charge in [-0.2, -0.15) is 0 Å². The van der Waals surface area contributed by atoms with Crippen LogP contribution in [0.25, 0.3) is 10.9 Å². The fourth-order valence-electron chi connectivity index (χ4n) is 3.35. The molecular formula is C21H22N4O4. The number of methoxy groups -OCH3 is 1. The van der Waals surface area contributed by atoms with E-state index in [1.165, 1.54) is 10.2 Å². The molecule has 2 heterocycles. The summed E-state index contributed by atoms with van der Waals surface area (Å²) in [5.41, 5.74) is 3.10. The van der Waals surface area contributed by atoms with Gasteiger partial charge in [0, 0.05) is 25.6 Å². The first kappa shape index (κ1) is 19.1. The monoisotopic (exact) mass is 394 g/mol. The van der Waals surface area contributed by atoms with Crippen molar-refractivity contribution in [3.8, 4) is 5.75 Å². The summed E-state index contributed by atoms with van der Waals surface area (Å²) in [6.45, 7) is 1.41. The lowest BCUT2D eigenvalue weighted by molar-refractivity contribution is -0.116. The molecule has 4 rings (SSSR count). The van der Waals surface area contributed by atoms with Crippen molar-refractivity contribution in [3.63, 3.8) is 0 Å². The van der Waals surface area contributed by atoms with Crippen LogP contribution in [0, 0.1) is 0 Å². The van der Waals surface area contributed by atoms with Gasteiger partial charge in [0.25, 0.3) is 5.56 Å². The molecule has 0 unspecified atom stereocenters. The maximum Gasteiger partial charge on any atom is 0.277 e. The number of carbonyl (C=O) groups is 1. The minimum Gasteiger partial charge on any atom is -0.493 e. The zero-order valence-electron chi connectivity index (χ0n) is 16.2. The van der Waals surface area contributed by atoms with E-state index in [0.29, 0.717) is 42.6 Å². The molecule has 29 heavy (non-hydrogen) atoms. The Bertz CT molecular complexity index is 1110. The maximum atomic E-state index is 12.6. The van der Waals surface area contributed by atoms with E-state index in [2.05, 4.69) is 21.7 Å². The number of amides is 1. The Labute approximate surface area is 167 Å². The Morgan fingerprint density at radius 3 is 3.03 bits per heavy atom. The number of rotatable bonds is 7. The third-order valence-electron chi connectivity index (χ3n) is 4.91. The Kier molecular flexibility index (Phi) is 5.53. The van der Waals surface area contributed by atoms with E-state index in [1.54, 1.807) is 25.3 Å². The molecule has 0 spiro atoms. The molecule has 0 bridgehead atoms. The smallest absolute Gasteiger partial charge is 0.277 e. The standard InChI is InChI=1S/C21H22N4O4/c1-28-11-9-25-21(27)17-13-16(4-5-18(17)23-24-25)22-20(26)7-3-14-2-6-19-15(12-14)8-10-29-19/h2,4-6,12-13H,3,7-11H2,1H3,(H,22,26). The Balaban J connectivity index is 1.43. The van der Waals surface area contributed by atoms with E-state index in [9.17, 15) is 9.59 Å². The molecular weight excluding hydrogens is 372 g/mol. The average Bonchev–Trinajstić information content (AvgIpc) is 3.20. The van der Waals surface area contributed by atoms with E-state index in [-0.39, 0.29) is 11.5 Å². The van der Waals surface area contributed by atoms with Crippen molar-refractivity contribution < 1.29 is 14.3 Å². The Morgan fingerprint density at radius 2 is 2.17 bits per heavy atom.